The second-order valence-corrected chi connectivity index (χ2v) is 5.62. The smallest absolute Gasteiger partial charge is 0.275 e. The fraction of sp³-hybridized carbons (Fsp3) is 0.176. The summed E-state index contributed by atoms with van der Waals surface area (Å²) in [7, 11) is 0. The molecule has 5 nitrogen and oxygen atoms in total. The summed E-state index contributed by atoms with van der Waals surface area (Å²) in [4.78, 5) is 17.8. The number of halogens is 1. The predicted molar refractivity (Wildman–Crippen MR) is 81.4 cm³/mol. The van der Waals surface area contributed by atoms with E-state index < -0.39 is 23.4 Å². The normalized spacial score (nSPS) is 25.6. The Bertz CT molecular complexity index is 836. The largest absolute Gasteiger partial charge is 0.383 e. The summed E-state index contributed by atoms with van der Waals surface area (Å²) < 4.78 is 13.9. The van der Waals surface area contributed by atoms with E-state index in [4.69, 9.17) is 4.84 Å². The molecule has 2 aromatic rings. The summed E-state index contributed by atoms with van der Waals surface area (Å²) in [5, 5.41) is 17.3. The van der Waals surface area contributed by atoms with Crippen molar-refractivity contribution in [3.63, 3.8) is 0 Å². The SMILES string of the molecule is O=C1Nc2ccccc2[C@@H](O)[C@]12CC(c1ccccc1F)=NO2. The van der Waals surface area contributed by atoms with E-state index in [1.165, 1.54) is 6.07 Å². The zero-order chi connectivity index (χ0) is 16.0. The van der Waals surface area contributed by atoms with Crippen LogP contribution in [0.25, 0.3) is 0 Å². The first-order valence-electron chi connectivity index (χ1n) is 7.20. The van der Waals surface area contributed by atoms with Crippen LogP contribution in [0, 0.1) is 5.82 Å². The van der Waals surface area contributed by atoms with E-state index in [0.29, 0.717) is 17.0 Å². The molecular weight excluding hydrogens is 299 g/mol. The van der Waals surface area contributed by atoms with E-state index in [0.717, 1.165) is 0 Å². The van der Waals surface area contributed by atoms with Crippen LogP contribution in [0.4, 0.5) is 10.1 Å². The lowest BCUT2D eigenvalue weighted by Crippen LogP contribution is -2.51. The van der Waals surface area contributed by atoms with Crippen molar-refractivity contribution >= 4 is 17.3 Å². The number of benzene rings is 2. The zero-order valence-electron chi connectivity index (χ0n) is 12.0. The molecule has 0 aliphatic carbocycles. The molecule has 1 spiro atoms. The minimum Gasteiger partial charge on any atom is -0.383 e. The molecule has 6 heteroatoms. The van der Waals surface area contributed by atoms with Crippen molar-refractivity contribution in [2.75, 3.05) is 5.32 Å². The van der Waals surface area contributed by atoms with Crippen molar-refractivity contribution in [1.82, 2.24) is 0 Å². The number of rotatable bonds is 1. The highest BCUT2D eigenvalue weighted by molar-refractivity contribution is 6.09. The van der Waals surface area contributed by atoms with Gasteiger partial charge >= 0.3 is 0 Å². The molecule has 2 heterocycles. The standard InChI is InChI=1S/C17H13FN2O3/c18-12-7-3-1-5-10(12)14-9-17(23-20-14)15(21)11-6-2-4-8-13(11)19-16(17)22/h1-8,15,21H,9H2,(H,19,22)/t15-,17-/m1/s1. The second-order valence-electron chi connectivity index (χ2n) is 5.62. The number of carbonyl (C=O) groups is 1. The van der Waals surface area contributed by atoms with Crippen LogP contribution in [0.15, 0.2) is 53.7 Å². The van der Waals surface area contributed by atoms with Crippen molar-refractivity contribution in [3.8, 4) is 0 Å². The molecule has 23 heavy (non-hydrogen) atoms. The van der Waals surface area contributed by atoms with Crippen molar-refractivity contribution in [3.05, 3.63) is 65.5 Å². The molecule has 4 rings (SSSR count). The van der Waals surface area contributed by atoms with Crippen molar-refractivity contribution in [2.24, 2.45) is 5.16 Å². The van der Waals surface area contributed by atoms with Gasteiger partial charge in [0.25, 0.3) is 11.5 Å². The Labute approximate surface area is 131 Å². The summed E-state index contributed by atoms with van der Waals surface area (Å²) in [5.41, 5.74) is 0.0990. The van der Waals surface area contributed by atoms with Gasteiger partial charge in [-0.05, 0) is 12.1 Å². The highest BCUT2D eigenvalue weighted by Gasteiger charge is 2.56. The van der Waals surface area contributed by atoms with Crippen LogP contribution in [0.2, 0.25) is 0 Å². The van der Waals surface area contributed by atoms with Crippen LogP contribution in [0.5, 0.6) is 0 Å². The molecule has 0 fully saturated rings. The monoisotopic (exact) mass is 312 g/mol. The van der Waals surface area contributed by atoms with E-state index in [9.17, 15) is 14.3 Å². The van der Waals surface area contributed by atoms with Crippen LogP contribution in [-0.2, 0) is 9.63 Å². The number of carbonyl (C=O) groups excluding carboxylic acids is 1. The van der Waals surface area contributed by atoms with Gasteiger partial charge in [-0.2, -0.15) is 0 Å². The third-order valence-electron chi connectivity index (χ3n) is 4.26. The molecule has 0 saturated carbocycles. The van der Waals surface area contributed by atoms with Crippen molar-refractivity contribution in [2.45, 2.75) is 18.1 Å². The molecule has 2 aromatic carbocycles. The first kappa shape index (κ1) is 13.9. The van der Waals surface area contributed by atoms with Crippen LogP contribution in [0.1, 0.15) is 23.7 Å². The molecule has 116 valence electrons. The number of amides is 1. The Morgan fingerprint density at radius 2 is 1.96 bits per heavy atom. The molecule has 0 radical (unpaired) electrons. The van der Waals surface area contributed by atoms with Gasteiger partial charge < -0.3 is 15.3 Å². The first-order valence-corrected chi connectivity index (χ1v) is 7.20. The van der Waals surface area contributed by atoms with Gasteiger partial charge in [-0.3, -0.25) is 4.79 Å². The minimum absolute atomic E-state index is 0.00469. The van der Waals surface area contributed by atoms with E-state index in [-0.39, 0.29) is 12.0 Å². The molecule has 0 bridgehead atoms. The topological polar surface area (TPSA) is 70.9 Å². The van der Waals surface area contributed by atoms with Gasteiger partial charge in [-0.25, -0.2) is 4.39 Å². The van der Waals surface area contributed by atoms with Gasteiger partial charge in [0.15, 0.2) is 0 Å². The van der Waals surface area contributed by atoms with Crippen LogP contribution in [0.3, 0.4) is 0 Å². The fourth-order valence-corrected chi connectivity index (χ4v) is 3.01. The fourth-order valence-electron chi connectivity index (χ4n) is 3.01. The lowest BCUT2D eigenvalue weighted by molar-refractivity contribution is -0.156. The first-order chi connectivity index (χ1) is 11.1. The number of hydrogen-bond donors (Lipinski definition) is 2. The number of fused-ring (bicyclic) bond motifs is 1. The van der Waals surface area contributed by atoms with Gasteiger partial charge in [0.05, 0.1) is 5.71 Å². The molecule has 1 amide bonds. The molecule has 2 atom stereocenters. The zero-order valence-corrected chi connectivity index (χ0v) is 12.0. The van der Waals surface area contributed by atoms with E-state index >= 15 is 0 Å². The van der Waals surface area contributed by atoms with Gasteiger partial charge in [0, 0.05) is 23.2 Å². The van der Waals surface area contributed by atoms with Crippen molar-refractivity contribution < 1.29 is 19.1 Å². The quantitative estimate of drug-likeness (QED) is 0.849. The number of aliphatic hydroxyl groups excluding tert-OH is 1. The Morgan fingerprint density at radius 3 is 2.78 bits per heavy atom. The van der Waals surface area contributed by atoms with Gasteiger partial charge in [0.1, 0.15) is 11.9 Å². The van der Waals surface area contributed by atoms with Crippen LogP contribution in [-0.4, -0.2) is 22.3 Å². The number of hydrogen-bond acceptors (Lipinski definition) is 4. The number of para-hydroxylation sites is 1. The van der Waals surface area contributed by atoms with E-state index in [1.807, 2.05) is 0 Å². The van der Waals surface area contributed by atoms with Crippen LogP contribution < -0.4 is 5.32 Å². The Morgan fingerprint density at radius 1 is 1.22 bits per heavy atom. The predicted octanol–water partition coefficient (Wildman–Crippen LogP) is 2.37. The molecule has 0 unspecified atom stereocenters. The summed E-state index contributed by atoms with van der Waals surface area (Å²) >= 11 is 0. The molecule has 2 N–H and O–H groups in total. The average Bonchev–Trinajstić information content (AvgIpc) is 3.00. The van der Waals surface area contributed by atoms with E-state index in [2.05, 4.69) is 10.5 Å². The van der Waals surface area contributed by atoms with Gasteiger partial charge in [-0.1, -0.05) is 41.6 Å². The summed E-state index contributed by atoms with van der Waals surface area (Å²) in [5.74, 6) is -0.934. The number of oxime groups is 1. The molecule has 0 aromatic heterocycles. The molecule has 0 saturated heterocycles. The summed E-state index contributed by atoms with van der Waals surface area (Å²) in [6, 6.07) is 13.1. The van der Waals surface area contributed by atoms with Gasteiger partial charge in [-0.15, -0.1) is 0 Å². The third kappa shape index (κ3) is 1.95. The number of anilines is 1. The number of nitrogens with zero attached hydrogens (tertiary/aromatic N) is 1. The van der Waals surface area contributed by atoms with Crippen LogP contribution >= 0.6 is 0 Å². The highest BCUT2D eigenvalue weighted by Crippen LogP contribution is 2.44. The Kier molecular flexibility index (Phi) is 2.96. The van der Waals surface area contributed by atoms with Gasteiger partial charge in [0.2, 0.25) is 0 Å². The highest BCUT2D eigenvalue weighted by atomic mass is 19.1. The molecule has 2 aliphatic rings. The maximum absolute atomic E-state index is 13.9. The third-order valence-corrected chi connectivity index (χ3v) is 4.26. The second kappa shape index (κ2) is 4.89. The number of aliphatic hydroxyl groups is 1. The summed E-state index contributed by atoms with van der Waals surface area (Å²) in [6.45, 7) is 0. The maximum Gasteiger partial charge on any atom is 0.275 e. The summed E-state index contributed by atoms with van der Waals surface area (Å²) in [6.07, 6.45) is -1.18. The molecule has 2 aliphatic heterocycles. The Balaban J connectivity index is 1.72. The average molecular weight is 312 g/mol. The minimum atomic E-state index is -1.56. The maximum atomic E-state index is 13.9. The van der Waals surface area contributed by atoms with E-state index in [1.54, 1.807) is 42.5 Å². The lowest BCUT2D eigenvalue weighted by atomic mass is 9.81. The van der Waals surface area contributed by atoms with Crippen molar-refractivity contribution in [1.29, 1.82) is 0 Å². The number of nitrogens with one attached hydrogen (secondary N) is 1. The molecular formula is C17H13FN2O3. The lowest BCUT2D eigenvalue weighted by Gasteiger charge is -2.35. The Hall–Kier alpha value is -2.73.